The Hall–Kier alpha value is -2.32. The second-order valence-electron chi connectivity index (χ2n) is 5.18. The maximum Gasteiger partial charge on any atom is 0.167 e. The van der Waals surface area contributed by atoms with Gasteiger partial charge in [-0.1, -0.05) is 12.1 Å². The molecule has 3 rings (SSSR count). The molecule has 0 N–H and O–H groups in total. The summed E-state index contributed by atoms with van der Waals surface area (Å²) in [6.07, 6.45) is 2.80. The van der Waals surface area contributed by atoms with E-state index in [-0.39, 0.29) is 0 Å². The summed E-state index contributed by atoms with van der Waals surface area (Å²) in [6.45, 7) is -0.996. The van der Waals surface area contributed by atoms with Gasteiger partial charge in [-0.05, 0) is 22.9 Å². The predicted octanol–water partition coefficient (Wildman–Crippen LogP) is 5.60. The summed E-state index contributed by atoms with van der Waals surface area (Å²) >= 11 is 2.77. The smallest absolute Gasteiger partial charge is 0.167 e. The van der Waals surface area contributed by atoms with Crippen molar-refractivity contribution in [3.8, 4) is 0 Å². The number of benzene rings is 1. The molecule has 0 radical (unpaired) electrons. The highest BCUT2D eigenvalue weighted by Gasteiger charge is 2.24. The molecule has 0 aliphatic heterocycles. The van der Waals surface area contributed by atoms with Gasteiger partial charge in [0.05, 0.1) is 24.2 Å². The maximum atomic E-state index is 14.2. The number of hydrogen-bond donors (Lipinski definition) is 0. The standard InChI is InChI=1S/C18H12F4N2S2/c19-15-13(9-23-7-11-3-1-5-25-11)16(20)18(22)14(17(15)21)10-24-8-12-4-2-6-26-12/h1-8H,9-10H2. The van der Waals surface area contributed by atoms with E-state index in [4.69, 9.17) is 0 Å². The van der Waals surface area contributed by atoms with Gasteiger partial charge in [-0.15, -0.1) is 22.7 Å². The van der Waals surface area contributed by atoms with Crippen LogP contribution in [-0.4, -0.2) is 12.4 Å². The average Bonchev–Trinajstić information content (AvgIpc) is 3.33. The molecular weight excluding hydrogens is 384 g/mol. The van der Waals surface area contributed by atoms with Crippen molar-refractivity contribution in [2.24, 2.45) is 9.98 Å². The molecule has 0 atom stereocenters. The SMILES string of the molecule is Fc1c(F)c(CN=Cc2cccs2)c(F)c(F)c1CN=Cc1cccs1. The number of nitrogens with zero attached hydrogens (tertiary/aromatic N) is 2. The number of halogens is 4. The van der Waals surface area contributed by atoms with E-state index in [1.165, 1.54) is 35.1 Å². The monoisotopic (exact) mass is 396 g/mol. The van der Waals surface area contributed by atoms with Crippen LogP contribution in [0.3, 0.4) is 0 Å². The zero-order valence-corrected chi connectivity index (χ0v) is 14.9. The Labute approximate surface area is 155 Å². The molecule has 2 aromatic heterocycles. The van der Waals surface area contributed by atoms with E-state index in [2.05, 4.69) is 9.98 Å². The van der Waals surface area contributed by atoms with Gasteiger partial charge in [0.15, 0.2) is 23.3 Å². The molecule has 134 valence electrons. The first-order valence-electron chi connectivity index (χ1n) is 7.48. The Morgan fingerprint density at radius 1 is 0.692 bits per heavy atom. The zero-order valence-electron chi connectivity index (χ0n) is 13.3. The number of rotatable bonds is 6. The summed E-state index contributed by atoms with van der Waals surface area (Å²) in [7, 11) is 0. The van der Waals surface area contributed by atoms with Crippen LogP contribution in [-0.2, 0) is 13.1 Å². The first-order chi connectivity index (χ1) is 12.6. The Bertz CT molecular complexity index is 827. The summed E-state index contributed by atoms with van der Waals surface area (Å²) in [6, 6.07) is 7.10. The maximum absolute atomic E-state index is 14.2. The lowest BCUT2D eigenvalue weighted by atomic mass is 10.1. The molecule has 0 aliphatic carbocycles. The van der Waals surface area contributed by atoms with Gasteiger partial charge in [-0.2, -0.15) is 0 Å². The Kier molecular flexibility index (Phi) is 5.95. The minimum absolute atomic E-state index is 0.498. The molecule has 0 amide bonds. The van der Waals surface area contributed by atoms with Crippen molar-refractivity contribution in [3.05, 3.63) is 79.2 Å². The summed E-state index contributed by atoms with van der Waals surface area (Å²) in [5, 5.41) is 3.63. The molecule has 2 heterocycles. The van der Waals surface area contributed by atoms with Gasteiger partial charge in [0.2, 0.25) is 0 Å². The van der Waals surface area contributed by atoms with Gasteiger partial charge in [0.1, 0.15) is 0 Å². The summed E-state index contributed by atoms with van der Waals surface area (Å²) in [5.41, 5.74) is -1.47. The molecule has 0 saturated heterocycles. The fourth-order valence-corrected chi connectivity index (χ4v) is 3.40. The van der Waals surface area contributed by atoms with Crippen molar-refractivity contribution < 1.29 is 17.6 Å². The van der Waals surface area contributed by atoms with Crippen LogP contribution in [0.5, 0.6) is 0 Å². The lowest BCUT2D eigenvalue weighted by molar-refractivity contribution is 0.426. The molecule has 0 saturated carbocycles. The minimum Gasteiger partial charge on any atom is -0.287 e. The largest absolute Gasteiger partial charge is 0.287 e. The van der Waals surface area contributed by atoms with Crippen LogP contribution in [0.15, 0.2) is 45.0 Å². The summed E-state index contributed by atoms with van der Waals surface area (Å²) < 4.78 is 56.7. The normalized spacial score (nSPS) is 11.8. The Morgan fingerprint density at radius 2 is 1.08 bits per heavy atom. The van der Waals surface area contributed by atoms with Crippen LogP contribution in [0.25, 0.3) is 0 Å². The van der Waals surface area contributed by atoms with Crippen molar-refractivity contribution >= 4 is 35.1 Å². The van der Waals surface area contributed by atoms with E-state index >= 15 is 0 Å². The predicted molar refractivity (Wildman–Crippen MR) is 97.5 cm³/mol. The number of hydrogen-bond acceptors (Lipinski definition) is 4. The Balaban J connectivity index is 1.82. The summed E-state index contributed by atoms with van der Waals surface area (Å²) in [4.78, 5) is 9.25. The highest BCUT2D eigenvalue weighted by atomic mass is 32.1. The summed E-state index contributed by atoms with van der Waals surface area (Å²) in [5.74, 6) is -5.75. The van der Waals surface area contributed by atoms with Gasteiger partial charge < -0.3 is 0 Å². The van der Waals surface area contributed by atoms with E-state index in [1.807, 2.05) is 10.8 Å². The van der Waals surface area contributed by atoms with Crippen LogP contribution >= 0.6 is 22.7 Å². The molecule has 0 fully saturated rings. The van der Waals surface area contributed by atoms with Crippen LogP contribution in [0.2, 0.25) is 0 Å². The van der Waals surface area contributed by atoms with Crippen molar-refractivity contribution in [1.82, 2.24) is 0 Å². The zero-order chi connectivity index (χ0) is 18.5. The van der Waals surface area contributed by atoms with Crippen LogP contribution < -0.4 is 0 Å². The van der Waals surface area contributed by atoms with Crippen LogP contribution in [0, 0.1) is 23.3 Å². The molecule has 8 heteroatoms. The molecule has 0 aliphatic rings. The van der Waals surface area contributed by atoms with E-state index in [9.17, 15) is 17.6 Å². The fraction of sp³-hybridized carbons (Fsp3) is 0.111. The van der Waals surface area contributed by atoms with Crippen molar-refractivity contribution in [1.29, 1.82) is 0 Å². The van der Waals surface area contributed by atoms with E-state index in [0.717, 1.165) is 9.75 Å². The van der Waals surface area contributed by atoms with Crippen LogP contribution in [0.4, 0.5) is 17.6 Å². The topological polar surface area (TPSA) is 24.7 Å². The molecule has 0 unspecified atom stereocenters. The number of thiophene rings is 2. The lowest BCUT2D eigenvalue weighted by Gasteiger charge is -2.09. The second-order valence-corrected chi connectivity index (χ2v) is 7.14. The molecule has 3 aromatic rings. The van der Waals surface area contributed by atoms with Crippen molar-refractivity contribution in [2.75, 3.05) is 0 Å². The van der Waals surface area contributed by atoms with Gasteiger partial charge >= 0.3 is 0 Å². The second kappa shape index (κ2) is 8.37. The fourth-order valence-electron chi connectivity index (χ4n) is 2.18. The van der Waals surface area contributed by atoms with Gasteiger partial charge in [0.25, 0.3) is 0 Å². The van der Waals surface area contributed by atoms with Crippen LogP contribution in [0.1, 0.15) is 20.9 Å². The van der Waals surface area contributed by atoms with Gasteiger partial charge in [0, 0.05) is 22.2 Å². The molecule has 2 nitrogen and oxygen atoms in total. The Morgan fingerprint density at radius 3 is 1.38 bits per heavy atom. The highest BCUT2D eigenvalue weighted by molar-refractivity contribution is 7.12. The minimum atomic E-state index is -1.44. The van der Waals surface area contributed by atoms with E-state index in [0.29, 0.717) is 0 Å². The van der Waals surface area contributed by atoms with E-state index < -0.39 is 47.5 Å². The van der Waals surface area contributed by atoms with E-state index in [1.54, 1.807) is 24.3 Å². The number of aliphatic imine (C=N–C) groups is 2. The first-order valence-corrected chi connectivity index (χ1v) is 9.24. The molecule has 0 bridgehead atoms. The first kappa shape index (κ1) is 18.5. The average molecular weight is 396 g/mol. The lowest BCUT2D eigenvalue weighted by Crippen LogP contribution is -2.08. The van der Waals surface area contributed by atoms with Gasteiger partial charge in [-0.3, -0.25) is 9.98 Å². The highest BCUT2D eigenvalue weighted by Crippen LogP contribution is 2.25. The third kappa shape index (κ3) is 4.08. The molecule has 1 aromatic carbocycles. The third-order valence-corrected chi connectivity index (χ3v) is 5.08. The van der Waals surface area contributed by atoms with Crippen molar-refractivity contribution in [2.45, 2.75) is 13.1 Å². The van der Waals surface area contributed by atoms with Crippen molar-refractivity contribution in [3.63, 3.8) is 0 Å². The molecular formula is C18H12F4N2S2. The van der Waals surface area contributed by atoms with Gasteiger partial charge in [-0.25, -0.2) is 17.6 Å². The third-order valence-electron chi connectivity index (χ3n) is 3.47. The molecule has 26 heavy (non-hydrogen) atoms. The quantitative estimate of drug-likeness (QED) is 0.294. The molecule has 0 spiro atoms.